The van der Waals surface area contributed by atoms with Crippen LogP contribution >= 0.6 is 11.6 Å². The van der Waals surface area contributed by atoms with Crippen LogP contribution in [0.15, 0.2) is 36.4 Å². The van der Waals surface area contributed by atoms with E-state index < -0.39 is 11.7 Å². The predicted octanol–water partition coefficient (Wildman–Crippen LogP) is 4.93. The first-order valence-corrected chi connectivity index (χ1v) is 6.62. The Bertz CT molecular complexity index is 629. The zero-order chi connectivity index (χ0) is 15.5. The number of benzene rings is 1. The lowest BCUT2D eigenvalue weighted by Gasteiger charge is -2.12. The van der Waals surface area contributed by atoms with Gasteiger partial charge in [0, 0.05) is 6.54 Å². The molecule has 2 rings (SSSR count). The Labute approximate surface area is 125 Å². The molecule has 0 saturated carbocycles. The number of anilines is 3. The van der Waals surface area contributed by atoms with Gasteiger partial charge in [0.1, 0.15) is 11.6 Å². The van der Waals surface area contributed by atoms with Crippen LogP contribution in [-0.4, -0.2) is 11.5 Å². The molecule has 21 heavy (non-hydrogen) atoms. The van der Waals surface area contributed by atoms with Gasteiger partial charge < -0.3 is 10.6 Å². The molecule has 2 N–H and O–H groups in total. The predicted molar refractivity (Wildman–Crippen MR) is 78.1 cm³/mol. The average molecular weight is 316 g/mol. The molecule has 0 spiro atoms. The van der Waals surface area contributed by atoms with E-state index in [1.54, 1.807) is 18.2 Å². The molecule has 0 amide bonds. The van der Waals surface area contributed by atoms with E-state index in [9.17, 15) is 13.2 Å². The fourth-order valence-corrected chi connectivity index (χ4v) is 1.94. The van der Waals surface area contributed by atoms with Gasteiger partial charge in [-0.25, -0.2) is 4.98 Å². The van der Waals surface area contributed by atoms with Crippen molar-refractivity contribution in [3.8, 4) is 0 Å². The van der Waals surface area contributed by atoms with Crippen molar-refractivity contribution in [2.24, 2.45) is 0 Å². The maximum atomic E-state index is 12.6. The first-order valence-electron chi connectivity index (χ1n) is 6.25. The number of halogens is 4. The number of nitrogens with zero attached hydrogens (tertiary/aromatic N) is 1. The molecule has 2 aromatic rings. The highest BCUT2D eigenvalue weighted by Crippen LogP contribution is 2.34. The molecule has 3 nitrogen and oxygen atoms in total. The Hall–Kier alpha value is -1.95. The number of rotatable bonds is 4. The van der Waals surface area contributed by atoms with E-state index in [4.69, 9.17) is 11.6 Å². The van der Waals surface area contributed by atoms with Gasteiger partial charge >= 0.3 is 6.18 Å². The lowest BCUT2D eigenvalue weighted by Crippen LogP contribution is -2.05. The van der Waals surface area contributed by atoms with Crippen molar-refractivity contribution in [1.29, 1.82) is 0 Å². The molecule has 112 valence electrons. The summed E-state index contributed by atoms with van der Waals surface area (Å²) in [6, 6.07) is 8.43. The smallest absolute Gasteiger partial charge is 0.370 e. The van der Waals surface area contributed by atoms with Gasteiger partial charge in [0.15, 0.2) is 0 Å². The van der Waals surface area contributed by atoms with Crippen LogP contribution in [0.4, 0.5) is 30.5 Å². The lowest BCUT2D eigenvalue weighted by atomic mass is 10.2. The summed E-state index contributed by atoms with van der Waals surface area (Å²) in [6.45, 7) is 2.66. The Morgan fingerprint density at radius 2 is 1.86 bits per heavy atom. The highest BCUT2D eigenvalue weighted by atomic mass is 35.5. The topological polar surface area (TPSA) is 37.0 Å². The number of alkyl halides is 3. The summed E-state index contributed by atoms with van der Waals surface area (Å²) in [7, 11) is 0. The number of aromatic nitrogens is 1. The molecule has 0 aliphatic rings. The summed E-state index contributed by atoms with van der Waals surface area (Å²) in [5.41, 5.74) is -0.418. The second kappa shape index (κ2) is 6.22. The first kappa shape index (κ1) is 15.4. The molecule has 0 saturated heterocycles. The van der Waals surface area contributed by atoms with Gasteiger partial charge in [-0.05, 0) is 37.3 Å². The van der Waals surface area contributed by atoms with Gasteiger partial charge in [0.2, 0.25) is 0 Å². The normalized spacial score (nSPS) is 11.3. The fraction of sp³-hybridized carbons (Fsp3) is 0.214. The summed E-state index contributed by atoms with van der Waals surface area (Å²) in [6.07, 6.45) is -4.41. The summed E-state index contributed by atoms with van der Waals surface area (Å²) in [5, 5.41) is 5.93. The van der Waals surface area contributed by atoms with Crippen LogP contribution in [0.5, 0.6) is 0 Å². The Balaban J connectivity index is 2.22. The molecule has 1 aromatic heterocycles. The van der Waals surface area contributed by atoms with E-state index in [2.05, 4.69) is 15.6 Å². The summed E-state index contributed by atoms with van der Waals surface area (Å²) >= 11 is 5.88. The van der Waals surface area contributed by atoms with Crippen LogP contribution in [0, 0.1) is 0 Å². The first-order chi connectivity index (χ1) is 9.90. The number of nitrogens with one attached hydrogen (secondary N) is 2. The van der Waals surface area contributed by atoms with E-state index in [1.807, 2.05) is 6.92 Å². The highest BCUT2D eigenvalue weighted by Gasteiger charge is 2.30. The molecule has 7 heteroatoms. The number of pyridine rings is 1. The van der Waals surface area contributed by atoms with Gasteiger partial charge in [-0.15, -0.1) is 0 Å². The van der Waals surface area contributed by atoms with E-state index in [1.165, 1.54) is 6.07 Å². The summed E-state index contributed by atoms with van der Waals surface area (Å²) < 4.78 is 37.7. The third kappa shape index (κ3) is 4.01. The van der Waals surface area contributed by atoms with Crippen molar-refractivity contribution in [1.82, 2.24) is 4.98 Å². The third-order valence-corrected chi connectivity index (χ3v) is 2.98. The van der Waals surface area contributed by atoms with Gasteiger partial charge in [-0.3, -0.25) is 0 Å². The average Bonchev–Trinajstić information content (AvgIpc) is 2.41. The molecule has 0 aliphatic carbocycles. The Kier molecular flexibility index (Phi) is 4.57. The zero-order valence-electron chi connectivity index (χ0n) is 11.1. The fourth-order valence-electron chi connectivity index (χ4n) is 1.71. The lowest BCUT2D eigenvalue weighted by molar-refractivity contribution is -0.137. The molecule has 0 bridgehead atoms. The molecule has 0 aliphatic heterocycles. The van der Waals surface area contributed by atoms with E-state index in [-0.39, 0.29) is 5.02 Å². The van der Waals surface area contributed by atoms with Crippen molar-refractivity contribution in [3.05, 3.63) is 47.0 Å². The van der Waals surface area contributed by atoms with Gasteiger partial charge in [0.05, 0.1) is 16.3 Å². The molecular formula is C14H13ClF3N3. The van der Waals surface area contributed by atoms with Crippen molar-refractivity contribution >= 4 is 28.9 Å². The van der Waals surface area contributed by atoms with Crippen LogP contribution in [0.2, 0.25) is 5.02 Å². The van der Waals surface area contributed by atoms with Gasteiger partial charge in [-0.1, -0.05) is 17.7 Å². The minimum Gasteiger partial charge on any atom is -0.370 e. The minimum absolute atomic E-state index is 0.0134. The van der Waals surface area contributed by atoms with E-state index >= 15 is 0 Å². The third-order valence-electron chi connectivity index (χ3n) is 2.67. The van der Waals surface area contributed by atoms with Crippen molar-refractivity contribution in [2.75, 3.05) is 17.2 Å². The SMILES string of the molecule is CCNc1cccc(Nc2ccc(C(F)(F)F)cc2Cl)n1. The summed E-state index contributed by atoms with van der Waals surface area (Å²) in [5.74, 6) is 1.17. The second-order valence-electron chi connectivity index (χ2n) is 4.26. The maximum absolute atomic E-state index is 12.6. The maximum Gasteiger partial charge on any atom is 0.416 e. The molecule has 0 fully saturated rings. The van der Waals surface area contributed by atoms with Crippen LogP contribution in [-0.2, 0) is 6.18 Å². The molecule has 0 atom stereocenters. The van der Waals surface area contributed by atoms with Crippen molar-refractivity contribution < 1.29 is 13.2 Å². The van der Waals surface area contributed by atoms with Crippen LogP contribution in [0.1, 0.15) is 12.5 Å². The van der Waals surface area contributed by atoms with Gasteiger partial charge in [0.25, 0.3) is 0 Å². The van der Waals surface area contributed by atoms with Crippen LogP contribution in [0.25, 0.3) is 0 Å². The zero-order valence-corrected chi connectivity index (χ0v) is 11.9. The largest absolute Gasteiger partial charge is 0.416 e. The minimum atomic E-state index is -4.41. The van der Waals surface area contributed by atoms with Crippen molar-refractivity contribution in [3.63, 3.8) is 0 Å². The molecule has 0 unspecified atom stereocenters. The number of hydrogen-bond donors (Lipinski definition) is 2. The van der Waals surface area contributed by atoms with Crippen LogP contribution < -0.4 is 10.6 Å². The summed E-state index contributed by atoms with van der Waals surface area (Å²) in [4.78, 5) is 4.27. The van der Waals surface area contributed by atoms with E-state index in [0.717, 1.165) is 18.7 Å². The molecular weight excluding hydrogens is 303 g/mol. The molecule has 1 aromatic carbocycles. The molecule has 1 heterocycles. The Morgan fingerprint density at radius 1 is 1.14 bits per heavy atom. The quantitative estimate of drug-likeness (QED) is 0.840. The Morgan fingerprint density at radius 3 is 2.48 bits per heavy atom. The van der Waals surface area contributed by atoms with Crippen LogP contribution in [0.3, 0.4) is 0 Å². The standard InChI is InChI=1S/C14H13ClF3N3/c1-2-19-12-4-3-5-13(21-12)20-11-7-6-9(8-10(11)15)14(16,17)18/h3-8H,2H2,1H3,(H2,19,20,21). The second-order valence-corrected chi connectivity index (χ2v) is 4.66. The van der Waals surface area contributed by atoms with Crippen molar-refractivity contribution in [2.45, 2.75) is 13.1 Å². The highest BCUT2D eigenvalue weighted by molar-refractivity contribution is 6.33. The van der Waals surface area contributed by atoms with Gasteiger partial charge in [-0.2, -0.15) is 13.2 Å². The molecule has 0 radical (unpaired) electrons. The van der Waals surface area contributed by atoms with E-state index in [0.29, 0.717) is 17.3 Å². The number of hydrogen-bond acceptors (Lipinski definition) is 3. The monoisotopic (exact) mass is 315 g/mol.